The molecule has 2 aromatic rings. The summed E-state index contributed by atoms with van der Waals surface area (Å²) in [6.07, 6.45) is 2.29. The van der Waals surface area contributed by atoms with Gasteiger partial charge in [0.2, 0.25) is 0 Å². The van der Waals surface area contributed by atoms with Crippen LogP contribution in [0.15, 0.2) is 35.1 Å². The van der Waals surface area contributed by atoms with Crippen LogP contribution < -0.4 is 11.3 Å². The molecular weight excluding hydrogens is 294 g/mol. The minimum Gasteiger partial charge on any atom is -0.271 e. The van der Waals surface area contributed by atoms with Crippen molar-refractivity contribution in [3.63, 3.8) is 0 Å². The third-order valence-corrected chi connectivity index (χ3v) is 3.38. The van der Waals surface area contributed by atoms with Crippen molar-refractivity contribution in [2.45, 2.75) is 25.9 Å². The molecule has 0 saturated heterocycles. The maximum absolute atomic E-state index is 5.63. The first-order valence-electron chi connectivity index (χ1n) is 5.83. The Hall–Kier alpha value is -1.24. The van der Waals surface area contributed by atoms with Gasteiger partial charge in [0, 0.05) is 17.4 Å². The summed E-state index contributed by atoms with van der Waals surface area (Å²) in [6.45, 7) is 2.86. The Balaban J connectivity index is 2.17. The van der Waals surface area contributed by atoms with Crippen LogP contribution in [0.5, 0.6) is 0 Å². The van der Waals surface area contributed by atoms with E-state index in [1.807, 2.05) is 35.9 Å². The van der Waals surface area contributed by atoms with Gasteiger partial charge in [-0.3, -0.25) is 16.0 Å². The van der Waals surface area contributed by atoms with Gasteiger partial charge in [-0.25, -0.2) is 4.98 Å². The smallest absolute Gasteiger partial charge is 0.138 e. The standard InChI is InChI=1S/C12H16BrN5/c1-2-18-12(15-8-16-18)7-11(17-14)9-3-5-10(13)6-4-9/h3-6,8,11,17H,2,7,14H2,1H3. The fourth-order valence-electron chi connectivity index (χ4n) is 1.86. The second-order valence-corrected chi connectivity index (χ2v) is 4.88. The normalized spacial score (nSPS) is 12.6. The van der Waals surface area contributed by atoms with Gasteiger partial charge in [-0.05, 0) is 24.6 Å². The van der Waals surface area contributed by atoms with Crippen LogP contribution in [0.3, 0.4) is 0 Å². The Morgan fingerprint density at radius 1 is 1.39 bits per heavy atom. The van der Waals surface area contributed by atoms with Crippen molar-refractivity contribution in [1.29, 1.82) is 0 Å². The molecule has 1 heterocycles. The van der Waals surface area contributed by atoms with Gasteiger partial charge in [-0.1, -0.05) is 28.1 Å². The summed E-state index contributed by atoms with van der Waals surface area (Å²) in [6, 6.07) is 8.13. The Morgan fingerprint density at radius 3 is 2.72 bits per heavy atom. The number of nitrogens with one attached hydrogen (secondary N) is 1. The van der Waals surface area contributed by atoms with Gasteiger partial charge < -0.3 is 0 Å². The molecule has 0 aliphatic carbocycles. The fraction of sp³-hybridized carbons (Fsp3) is 0.333. The van der Waals surface area contributed by atoms with Gasteiger partial charge in [-0.2, -0.15) is 5.10 Å². The molecule has 0 radical (unpaired) electrons. The van der Waals surface area contributed by atoms with Crippen molar-refractivity contribution in [3.05, 3.63) is 46.5 Å². The monoisotopic (exact) mass is 309 g/mol. The van der Waals surface area contributed by atoms with Gasteiger partial charge in [0.05, 0.1) is 6.04 Å². The van der Waals surface area contributed by atoms with Gasteiger partial charge in [0.15, 0.2) is 0 Å². The van der Waals surface area contributed by atoms with E-state index in [0.29, 0.717) is 6.42 Å². The zero-order valence-corrected chi connectivity index (χ0v) is 11.8. The second-order valence-electron chi connectivity index (χ2n) is 3.97. The molecule has 6 heteroatoms. The van der Waals surface area contributed by atoms with Gasteiger partial charge >= 0.3 is 0 Å². The van der Waals surface area contributed by atoms with Gasteiger partial charge in [-0.15, -0.1) is 0 Å². The first-order chi connectivity index (χ1) is 8.74. The van der Waals surface area contributed by atoms with E-state index in [0.717, 1.165) is 22.4 Å². The zero-order chi connectivity index (χ0) is 13.0. The molecule has 0 aliphatic heterocycles. The second kappa shape index (κ2) is 6.08. The van der Waals surface area contributed by atoms with Crippen molar-refractivity contribution in [3.8, 4) is 0 Å². The summed E-state index contributed by atoms with van der Waals surface area (Å²) >= 11 is 3.42. The van der Waals surface area contributed by atoms with Crippen molar-refractivity contribution < 1.29 is 0 Å². The maximum atomic E-state index is 5.63. The molecule has 0 amide bonds. The van der Waals surface area contributed by atoms with Crippen LogP contribution in [-0.4, -0.2) is 14.8 Å². The highest BCUT2D eigenvalue weighted by molar-refractivity contribution is 9.10. The molecule has 1 aromatic carbocycles. The van der Waals surface area contributed by atoms with Crippen molar-refractivity contribution >= 4 is 15.9 Å². The molecule has 96 valence electrons. The molecule has 0 saturated carbocycles. The highest BCUT2D eigenvalue weighted by Gasteiger charge is 2.14. The molecule has 3 N–H and O–H groups in total. The summed E-state index contributed by atoms with van der Waals surface area (Å²) < 4.78 is 2.93. The van der Waals surface area contributed by atoms with Crippen LogP contribution in [0.4, 0.5) is 0 Å². The molecule has 0 bridgehead atoms. The van der Waals surface area contributed by atoms with E-state index in [1.165, 1.54) is 0 Å². The van der Waals surface area contributed by atoms with Crippen molar-refractivity contribution in [1.82, 2.24) is 20.2 Å². The largest absolute Gasteiger partial charge is 0.271 e. The number of hydrogen-bond donors (Lipinski definition) is 2. The quantitative estimate of drug-likeness (QED) is 0.653. The lowest BCUT2D eigenvalue weighted by molar-refractivity contribution is 0.510. The zero-order valence-electron chi connectivity index (χ0n) is 10.2. The summed E-state index contributed by atoms with van der Waals surface area (Å²) in [4.78, 5) is 4.26. The van der Waals surface area contributed by atoms with Crippen LogP contribution in [-0.2, 0) is 13.0 Å². The van der Waals surface area contributed by atoms with Crippen LogP contribution in [0.25, 0.3) is 0 Å². The van der Waals surface area contributed by atoms with E-state index >= 15 is 0 Å². The SMILES string of the molecule is CCn1ncnc1CC(NN)c1ccc(Br)cc1. The Morgan fingerprint density at radius 2 is 2.11 bits per heavy atom. The van der Waals surface area contributed by atoms with Crippen molar-refractivity contribution in [2.24, 2.45) is 5.84 Å². The number of nitrogens with two attached hydrogens (primary N) is 1. The molecule has 0 spiro atoms. The molecule has 2 rings (SSSR count). The third kappa shape index (κ3) is 2.95. The highest BCUT2D eigenvalue weighted by Crippen LogP contribution is 2.19. The molecule has 1 unspecified atom stereocenters. The van der Waals surface area contributed by atoms with Crippen LogP contribution in [0, 0.1) is 0 Å². The number of halogens is 1. The van der Waals surface area contributed by atoms with E-state index in [2.05, 4.69) is 31.4 Å². The number of hydrogen-bond acceptors (Lipinski definition) is 4. The molecule has 1 atom stereocenters. The minimum atomic E-state index is 0.0348. The number of nitrogens with zero attached hydrogens (tertiary/aromatic N) is 3. The fourth-order valence-corrected chi connectivity index (χ4v) is 2.13. The third-order valence-electron chi connectivity index (χ3n) is 2.86. The van der Waals surface area contributed by atoms with Gasteiger partial charge in [0.1, 0.15) is 12.2 Å². The predicted octanol–water partition coefficient (Wildman–Crippen LogP) is 1.81. The number of benzene rings is 1. The highest BCUT2D eigenvalue weighted by atomic mass is 79.9. The lowest BCUT2D eigenvalue weighted by atomic mass is 10.0. The van der Waals surface area contributed by atoms with Crippen LogP contribution in [0.1, 0.15) is 24.4 Å². The Kier molecular flexibility index (Phi) is 4.46. The van der Waals surface area contributed by atoms with Crippen molar-refractivity contribution in [2.75, 3.05) is 0 Å². The molecule has 0 fully saturated rings. The summed E-state index contributed by atoms with van der Waals surface area (Å²) in [7, 11) is 0. The van der Waals surface area contributed by atoms with E-state index in [-0.39, 0.29) is 6.04 Å². The number of aromatic nitrogens is 3. The molecule has 1 aromatic heterocycles. The first-order valence-corrected chi connectivity index (χ1v) is 6.62. The van der Waals surface area contributed by atoms with E-state index in [9.17, 15) is 0 Å². The maximum Gasteiger partial charge on any atom is 0.138 e. The average Bonchev–Trinajstić information content (AvgIpc) is 2.84. The molecule has 5 nitrogen and oxygen atoms in total. The number of aryl methyl sites for hydroxylation is 1. The Labute approximate surface area is 115 Å². The predicted molar refractivity (Wildman–Crippen MR) is 73.6 cm³/mol. The lowest BCUT2D eigenvalue weighted by Crippen LogP contribution is -2.30. The first kappa shape index (κ1) is 13.2. The molecule has 18 heavy (non-hydrogen) atoms. The number of rotatable bonds is 5. The topological polar surface area (TPSA) is 68.8 Å². The van der Waals surface area contributed by atoms with Gasteiger partial charge in [0.25, 0.3) is 0 Å². The van der Waals surface area contributed by atoms with Crippen LogP contribution in [0.2, 0.25) is 0 Å². The minimum absolute atomic E-state index is 0.0348. The lowest BCUT2D eigenvalue weighted by Gasteiger charge is -2.16. The summed E-state index contributed by atoms with van der Waals surface area (Å²) in [5.41, 5.74) is 3.96. The summed E-state index contributed by atoms with van der Waals surface area (Å²) in [5.74, 6) is 6.57. The van der Waals surface area contributed by atoms with E-state index in [1.54, 1.807) is 6.33 Å². The molecule has 0 aliphatic rings. The van der Waals surface area contributed by atoms with E-state index in [4.69, 9.17) is 5.84 Å². The number of hydrazine groups is 1. The van der Waals surface area contributed by atoms with Crippen LogP contribution >= 0.6 is 15.9 Å². The van der Waals surface area contributed by atoms with E-state index < -0.39 is 0 Å². The molecular formula is C12H16BrN5. The Bertz CT molecular complexity index is 493. The summed E-state index contributed by atoms with van der Waals surface area (Å²) in [5, 5.41) is 4.16. The average molecular weight is 310 g/mol.